The van der Waals surface area contributed by atoms with Crippen molar-refractivity contribution in [3.05, 3.63) is 48.0 Å². The van der Waals surface area contributed by atoms with Crippen LogP contribution in [0.25, 0.3) is 0 Å². The second kappa shape index (κ2) is 5.86. The summed E-state index contributed by atoms with van der Waals surface area (Å²) in [6.45, 7) is 0.555. The molecule has 0 spiro atoms. The van der Waals surface area contributed by atoms with Crippen molar-refractivity contribution in [3.63, 3.8) is 0 Å². The van der Waals surface area contributed by atoms with E-state index < -0.39 is 0 Å². The summed E-state index contributed by atoms with van der Waals surface area (Å²) in [5.41, 5.74) is 1.54. The highest BCUT2D eigenvalue weighted by molar-refractivity contribution is 5.96. The lowest BCUT2D eigenvalue weighted by Gasteiger charge is -2.08. The third kappa shape index (κ3) is 2.88. The molecule has 5 nitrogen and oxygen atoms in total. The van der Waals surface area contributed by atoms with Crippen LogP contribution in [0, 0.1) is 0 Å². The predicted octanol–water partition coefficient (Wildman–Crippen LogP) is 1.39. The van der Waals surface area contributed by atoms with Gasteiger partial charge in [0.1, 0.15) is 5.75 Å². The molecule has 0 saturated heterocycles. The van der Waals surface area contributed by atoms with Gasteiger partial charge in [0.15, 0.2) is 0 Å². The van der Waals surface area contributed by atoms with E-state index in [0.717, 1.165) is 12.1 Å². The van der Waals surface area contributed by atoms with Gasteiger partial charge in [-0.1, -0.05) is 12.1 Å². The molecule has 2 N–H and O–H groups in total. The SMILES string of the molecule is COc1ccccc1C(=O)NCCc1cnc[nH]1. The Balaban J connectivity index is 1.91. The standard InChI is InChI=1S/C13H15N3O2/c1-18-12-5-3-2-4-11(12)13(17)15-7-6-10-8-14-9-16-10/h2-5,8-9H,6-7H2,1H3,(H,14,16)(H,15,17). The topological polar surface area (TPSA) is 67.0 Å². The van der Waals surface area contributed by atoms with Gasteiger partial charge >= 0.3 is 0 Å². The number of imidazole rings is 1. The van der Waals surface area contributed by atoms with Crippen LogP contribution in [0.3, 0.4) is 0 Å². The van der Waals surface area contributed by atoms with E-state index in [0.29, 0.717) is 17.9 Å². The summed E-state index contributed by atoms with van der Waals surface area (Å²) in [4.78, 5) is 18.8. The number of carbonyl (C=O) groups excluding carboxylic acids is 1. The van der Waals surface area contributed by atoms with Crippen molar-refractivity contribution in [2.24, 2.45) is 0 Å². The Morgan fingerprint density at radius 3 is 3.00 bits per heavy atom. The van der Waals surface area contributed by atoms with Crippen LogP contribution in [-0.2, 0) is 6.42 Å². The molecule has 94 valence electrons. The van der Waals surface area contributed by atoms with Crippen LogP contribution in [0.1, 0.15) is 16.1 Å². The lowest BCUT2D eigenvalue weighted by atomic mass is 10.2. The van der Waals surface area contributed by atoms with Crippen LogP contribution in [0.15, 0.2) is 36.8 Å². The zero-order valence-electron chi connectivity index (χ0n) is 10.1. The van der Waals surface area contributed by atoms with E-state index in [1.165, 1.54) is 0 Å². The molecule has 1 heterocycles. The fraction of sp³-hybridized carbons (Fsp3) is 0.231. The highest BCUT2D eigenvalue weighted by Crippen LogP contribution is 2.16. The highest BCUT2D eigenvalue weighted by Gasteiger charge is 2.10. The maximum atomic E-state index is 11.9. The average molecular weight is 245 g/mol. The Kier molecular flexibility index (Phi) is 3.96. The minimum Gasteiger partial charge on any atom is -0.496 e. The fourth-order valence-electron chi connectivity index (χ4n) is 1.66. The Morgan fingerprint density at radius 2 is 2.28 bits per heavy atom. The average Bonchev–Trinajstić information content (AvgIpc) is 2.91. The molecular weight excluding hydrogens is 230 g/mol. The lowest BCUT2D eigenvalue weighted by Crippen LogP contribution is -2.26. The number of hydrogen-bond acceptors (Lipinski definition) is 3. The fourth-order valence-corrected chi connectivity index (χ4v) is 1.66. The Bertz CT molecular complexity index is 509. The number of aromatic nitrogens is 2. The second-order valence-corrected chi connectivity index (χ2v) is 3.78. The zero-order valence-corrected chi connectivity index (χ0v) is 10.1. The first-order valence-corrected chi connectivity index (χ1v) is 5.69. The first kappa shape index (κ1) is 12.2. The molecule has 0 fully saturated rings. The summed E-state index contributed by atoms with van der Waals surface area (Å²) in [6, 6.07) is 7.15. The lowest BCUT2D eigenvalue weighted by molar-refractivity contribution is 0.0951. The number of nitrogens with zero attached hydrogens (tertiary/aromatic N) is 1. The van der Waals surface area contributed by atoms with Crippen LogP contribution < -0.4 is 10.1 Å². The van der Waals surface area contributed by atoms with Crippen molar-refractivity contribution in [2.45, 2.75) is 6.42 Å². The van der Waals surface area contributed by atoms with Gasteiger partial charge in [0.2, 0.25) is 0 Å². The molecule has 5 heteroatoms. The Hall–Kier alpha value is -2.30. The molecular formula is C13H15N3O2. The molecule has 2 aromatic rings. The van der Waals surface area contributed by atoms with Crippen LogP contribution in [-0.4, -0.2) is 29.5 Å². The molecule has 0 aliphatic heterocycles. The number of nitrogens with one attached hydrogen (secondary N) is 2. The molecule has 0 aliphatic carbocycles. The van der Waals surface area contributed by atoms with Crippen LogP contribution in [0.4, 0.5) is 0 Å². The first-order valence-electron chi connectivity index (χ1n) is 5.69. The number of hydrogen-bond donors (Lipinski definition) is 2. The molecule has 0 atom stereocenters. The van der Waals surface area contributed by atoms with Crippen molar-refractivity contribution in [1.82, 2.24) is 15.3 Å². The zero-order chi connectivity index (χ0) is 12.8. The van der Waals surface area contributed by atoms with Gasteiger partial charge < -0.3 is 15.0 Å². The summed E-state index contributed by atoms with van der Waals surface area (Å²) in [7, 11) is 1.55. The highest BCUT2D eigenvalue weighted by atomic mass is 16.5. The normalized spacial score (nSPS) is 10.1. The smallest absolute Gasteiger partial charge is 0.255 e. The van der Waals surface area contributed by atoms with Gasteiger partial charge in [-0.3, -0.25) is 4.79 Å². The quantitative estimate of drug-likeness (QED) is 0.836. The number of amides is 1. The molecule has 1 aromatic carbocycles. The maximum Gasteiger partial charge on any atom is 0.255 e. The van der Waals surface area contributed by atoms with E-state index in [2.05, 4.69) is 15.3 Å². The monoisotopic (exact) mass is 245 g/mol. The van der Waals surface area contributed by atoms with E-state index in [9.17, 15) is 4.79 Å². The molecule has 0 unspecified atom stereocenters. The number of carbonyl (C=O) groups is 1. The third-order valence-corrected chi connectivity index (χ3v) is 2.59. The van der Waals surface area contributed by atoms with Crippen LogP contribution in [0.2, 0.25) is 0 Å². The summed E-state index contributed by atoms with van der Waals surface area (Å²) < 4.78 is 5.14. The van der Waals surface area contributed by atoms with Gasteiger partial charge in [0.25, 0.3) is 5.91 Å². The molecule has 0 radical (unpaired) electrons. The first-order chi connectivity index (χ1) is 8.81. The van der Waals surface area contributed by atoms with Gasteiger partial charge in [-0.05, 0) is 12.1 Å². The van der Waals surface area contributed by atoms with E-state index in [1.54, 1.807) is 31.8 Å². The molecule has 0 bridgehead atoms. The third-order valence-electron chi connectivity index (χ3n) is 2.59. The number of rotatable bonds is 5. The Labute approximate surface area is 105 Å². The molecule has 0 saturated carbocycles. The van der Waals surface area contributed by atoms with Gasteiger partial charge in [0.05, 0.1) is 19.0 Å². The van der Waals surface area contributed by atoms with Crippen LogP contribution >= 0.6 is 0 Å². The van der Waals surface area contributed by atoms with Gasteiger partial charge in [-0.25, -0.2) is 4.98 Å². The van der Waals surface area contributed by atoms with Gasteiger partial charge in [0, 0.05) is 24.9 Å². The van der Waals surface area contributed by atoms with Crippen LogP contribution in [0.5, 0.6) is 5.75 Å². The molecule has 2 rings (SSSR count). The van der Waals surface area contributed by atoms with E-state index in [1.807, 2.05) is 12.1 Å². The summed E-state index contributed by atoms with van der Waals surface area (Å²) in [5.74, 6) is 0.448. The van der Waals surface area contributed by atoms with Crippen molar-refractivity contribution in [2.75, 3.05) is 13.7 Å². The largest absolute Gasteiger partial charge is 0.496 e. The molecule has 18 heavy (non-hydrogen) atoms. The summed E-state index contributed by atoms with van der Waals surface area (Å²) in [5, 5.41) is 2.85. The number of para-hydroxylation sites is 1. The van der Waals surface area contributed by atoms with Crippen molar-refractivity contribution >= 4 is 5.91 Å². The van der Waals surface area contributed by atoms with Gasteiger partial charge in [-0.2, -0.15) is 0 Å². The minimum absolute atomic E-state index is 0.132. The predicted molar refractivity (Wildman–Crippen MR) is 67.6 cm³/mol. The number of ether oxygens (including phenoxy) is 1. The van der Waals surface area contributed by atoms with Crippen molar-refractivity contribution in [3.8, 4) is 5.75 Å². The van der Waals surface area contributed by atoms with Crippen molar-refractivity contribution in [1.29, 1.82) is 0 Å². The van der Waals surface area contributed by atoms with E-state index in [4.69, 9.17) is 4.74 Å². The minimum atomic E-state index is -0.132. The Morgan fingerprint density at radius 1 is 1.44 bits per heavy atom. The number of aromatic amines is 1. The molecule has 1 amide bonds. The summed E-state index contributed by atoms with van der Waals surface area (Å²) >= 11 is 0. The van der Waals surface area contributed by atoms with Gasteiger partial charge in [-0.15, -0.1) is 0 Å². The maximum absolute atomic E-state index is 11.9. The van der Waals surface area contributed by atoms with Crippen molar-refractivity contribution < 1.29 is 9.53 Å². The van der Waals surface area contributed by atoms with E-state index >= 15 is 0 Å². The number of H-pyrrole nitrogens is 1. The summed E-state index contributed by atoms with van der Waals surface area (Å²) in [6.07, 6.45) is 4.09. The molecule has 1 aromatic heterocycles. The molecule has 0 aliphatic rings. The second-order valence-electron chi connectivity index (χ2n) is 3.78. The van der Waals surface area contributed by atoms with E-state index in [-0.39, 0.29) is 5.91 Å². The number of methoxy groups -OCH3 is 1. The number of benzene rings is 1.